The van der Waals surface area contributed by atoms with Crippen molar-refractivity contribution in [1.29, 1.82) is 0 Å². The van der Waals surface area contributed by atoms with E-state index in [4.69, 9.17) is 16.7 Å². The summed E-state index contributed by atoms with van der Waals surface area (Å²) < 4.78 is 0. The van der Waals surface area contributed by atoms with Crippen LogP contribution in [0.15, 0.2) is 36.4 Å². The van der Waals surface area contributed by atoms with Gasteiger partial charge in [-0.2, -0.15) is 0 Å². The standard InChI is InChI=1S/C26H37ClO4/c1-2-14-26(15-7-16-26)25(31)19-12-10-18(11-13-19)24-20(21(27)17-22(24)28)8-5-3-4-6-9-23(29)30/h3,5,10-13,20-22,24-25,28,31H,2,4,6-9,14-17H2,1H3,(H,29,30)/b5-3+. The topological polar surface area (TPSA) is 77.8 Å². The Hall–Kier alpha value is -1.36. The maximum atomic E-state index is 11.0. The summed E-state index contributed by atoms with van der Waals surface area (Å²) in [5.41, 5.74) is 2.09. The van der Waals surface area contributed by atoms with E-state index in [0.717, 1.165) is 49.7 Å². The molecule has 2 aliphatic carbocycles. The summed E-state index contributed by atoms with van der Waals surface area (Å²) in [7, 11) is 0. The summed E-state index contributed by atoms with van der Waals surface area (Å²) in [6, 6.07) is 8.18. The van der Waals surface area contributed by atoms with Crippen molar-refractivity contribution in [3.8, 4) is 0 Å². The molecule has 5 atom stereocenters. The first kappa shape index (κ1) is 24.3. The molecule has 0 heterocycles. The number of aliphatic hydroxyl groups is 2. The van der Waals surface area contributed by atoms with Crippen LogP contribution in [0.2, 0.25) is 0 Å². The van der Waals surface area contributed by atoms with E-state index in [1.165, 1.54) is 6.42 Å². The van der Waals surface area contributed by atoms with E-state index in [9.17, 15) is 15.0 Å². The molecule has 2 saturated carbocycles. The van der Waals surface area contributed by atoms with Crippen molar-refractivity contribution < 1.29 is 20.1 Å². The van der Waals surface area contributed by atoms with E-state index in [0.29, 0.717) is 12.8 Å². The number of carboxylic acids is 1. The molecule has 1 aromatic rings. The van der Waals surface area contributed by atoms with Crippen LogP contribution in [-0.4, -0.2) is 32.8 Å². The van der Waals surface area contributed by atoms with Crippen molar-refractivity contribution in [2.75, 3.05) is 0 Å². The lowest BCUT2D eigenvalue weighted by Gasteiger charge is -2.46. The van der Waals surface area contributed by atoms with Crippen molar-refractivity contribution in [2.24, 2.45) is 11.3 Å². The third kappa shape index (κ3) is 5.71. The van der Waals surface area contributed by atoms with Gasteiger partial charge in [-0.15, -0.1) is 11.6 Å². The fourth-order valence-corrected chi connectivity index (χ4v) is 6.05. The molecule has 2 fully saturated rings. The molecule has 0 bridgehead atoms. The minimum atomic E-state index is -0.764. The van der Waals surface area contributed by atoms with Crippen LogP contribution in [0.1, 0.15) is 94.3 Å². The highest BCUT2D eigenvalue weighted by molar-refractivity contribution is 6.21. The monoisotopic (exact) mass is 448 g/mol. The number of allylic oxidation sites excluding steroid dienone is 2. The molecule has 2 aliphatic rings. The zero-order valence-electron chi connectivity index (χ0n) is 18.5. The highest BCUT2D eigenvalue weighted by Crippen LogP contribution is 2.53. The molecule has 3 N–H and O–H groups in total. The summed E-state index contributed by atoms with van der Waals surface area (Å²) in [5, 5.41) is 30.4. The lowest BCUT2D eigenvalue weighted by Crippen LogP contribution is -2.36. The summed E-state index contributed by atoms with van der Waals surface area (Å²) in [6.45, 7) is 2.18. The lowest BCUT2D eigenvalue weighted by atomic mass is 9.61. The van der Waals surface area contributed by atoms with Gasteiger partial charge in [-0.3, -0.25) is 4.79 Å². The lowest BCUT2D eigenvalue weighted by molar-refractivity contribution is -0.137. The molecule has 31 heavy (non-hydrogen) atoms. The summed E-state index contributed by atoms with van der Waals surface area (Å²) in [4.78, 5) is 10.6. The number of rotatable bonds is 11. The van der Waals surface area contributed by atoms with Crippen molar-refractivity contribution in [3.63, 3.8) is 0 Å². The molecule has 5 heteroatoms. The molecular weight excluding hydrogens is 412 g/mol. The van der Waals surface area contributed by atoms with E-state index < -0.39 is 18.2 Å². The molecule has 172 valence electrons. The van der Waals surface area contributed by atoms with Gasteiger partial charge in [0.05, 0.1) is 12.2 Å². The van der Waals surface area contributed by atoms with Gasteiger partial charge in [0.1, 0.15) is 0 Å². The van der Waals surface area contributed by atoms with E-state index in [1.54, 1.807) is 0 Å². The van der Waals surface area contributed by atoms with Gasteiger partial charge in [-0.05, 0) is 62.0 Å². The second kappa shape index (κ2) is 11.0. The van der Waals surface area contributed by atoms with Gasteiger partial charge in [0, 0.05) is 23.1 Å². The molecular formula is C26H37ClO4. The zero-order valence-corrected chi connectivity index (χ0v) is 19.3. The summed E-state index contributed by atoms with van der Waals surface area (Å²) >= 11 is 6.59. The Morgan fingerprint density at radius 2 is 1.97 bits per heavy atom. The van der Waals surface area contributed by atoms with Crippen molar-refractivity contribution >= 4 is 17.6 Å². The van der Waals surface area contributed by atoms with Crippen LogP contribution in [0.5, 0.6) is 0 Å². The number of halogens is 1. The third-order valence-corrected chi connectivity index (χ3v) is 7.96. The first-order valence-electron chi connectivity index (χ1n) is 11.8. The molecule has 3 rings (SSSR count). The third-order valence-electron chi connectivity index (χ3n) is 7.46. The molecule has 4 nitrogen and oxygen atoms in total. The Morgan fingerprint density at radius 1 is 1.26 bits per heavy atom. The number of hydrogen-bond acceptors (Lipinski definition) is 3. The normalized spacial score (nSPS) is 28.5. The molecule has 0 radical (unpaired) electrons. The molecule has 0 saturated heterocycles. The van der Waals surface area contributed by atoms with Crippen molar-refractivity contribution in [1.82, 2.24) is 0 Å². The first-order valence-corrected chi connectivity index (χ1v) is 12.3. The van der Waals surface area contributed by atoms with Crippen LogP contribution in [-0.2, 0) is 4.79 Å². The van der Waals surface area contributed by atoms with Gasteiger partial charge < -0.3 is 15.3 Å². The maximum absolute atomic E-state index is 11.0. The number of unbranched alkanes of at least 4 members (excludes halogenated alkanes) is 1. The average molecular weight is 449 g/mol. The number of hydrogen-bond donors (Lipinski definition) is 3. The van der Waals surface area contributed by atoms with E-state index in [-0.39, 0.29) is 29.0 Å². The molecule has 1 aromatic carbocycles. The SMILES string of the molecule is CCCC1(C(O)c2ccc(C3C(O)CC(Cl)C3C/C=C/CCCC(=O)O)cc2)CCC1. The van der Waals surface area contributed by atoms with Gasteiger partial charge in [0.2, 0.25) is 0 Å². The number of aliphatic carboxylic acids is 1. The van der Waals surface area contributed by atoms with Crippen LogP contribution >= 0.6 is 11.6 Å². The number of alkyl halides is 1. The largest absolute Gasteiger partial charge is 0.481 e. The van der Waals surface area contributed by atoms with Crippen LogP contribution < -0.4 is 0 Å². The Balaban J connectivity index is 1.65. The van der Waals surface area contributed by atoms with Gasteiger partial charge in [-0.25, -0.2) is 0 Å². The van der Waals surface area contributed by atoms with Crippen LogP contribution in [0.3, 0.4) is 0 Å². The fourth-order valence-electron chi connectivity index (χ4n) is 5.61. The predicted molar refractivity (Wildman–Crippen MR) is 124 cm³/mol. The van der Waals surface area contributed by atoms with E-state index >= 15 is 0 Å². The van der Waals surface area contributed by atoms with Crippen LogP contribution in [0.4, 0.5) is 0 Å². The Labute approximate surface area is 191 Å². The average Bonchev–Trinajstić information content (AvgIpc) is 2.99. The molecule has 0 amide bonds. The minimum absolute atomic E-state index is 0.0225. The Kier molecular flexibility index (Phi) is 8.60. The molecule has 0 aromatic heterocycles. The van der Waals surface area contributed by atoms with Gasteiger partial charge in [-0.1, -0.05) is 56.2 Å². The number of benzene rings is 1. The zero-order chi connectivity index (χ0) is 22.4. The molecule has 0 aliphatic heterocycles. The highest BCUT2D eigenvalue weighted by Gasteiger charge is 2.44. The fraction of sp³-hybridized carbons (Fsp3) is 0.654. The van der Waals surface area contributed by atoms with Crippen LogP contribution in [0, 0.1) is 11.3 Å². The second-order valence-corrected chi connectivity index (χ2v) is 10.1. The van der Waals surface area contributed by atoms with Crippen molar-refractivity contribution in [3.05, 3.63) is 47.5 Å². The predicted octanol–water partition coefficient (Wildman–Crippen LogP) is 5.96. The first-order chi connectivity index (χ1) is 14.9. The van der Waals surface area contributed by atoms with Crippen molar-refractivity contribution in [2.45, 2.75) is 94.6 Å². The Bertz CT molecular complexity index is 740. The van der Waals surface area contributed by atoms with Gasteiger partial charge in [0.15, 0.2) is 0 Å². The maximum Gasteiger partial charge on any atom is 0.303 e. The molecule has 0 spiro atoms. The Morgan fingerprint density at radius 3 is 2.55 bits per heavy atom. The highest BCUT2D eigenvalue weighted by atomic mass is 35.5. The smallest absolute Gasteiger partial charge is 0.303 e. The van der Waals surface area contributed by atoms with Crippen LogP contribution in [0.25, 0.3) is 0 Å². The van der Waals surface area contributed by atoms with Gasteiger partial charge >= 0.3 is 5.97 Å². The number of aliphatic hydroxyl groups excluding tert-OH is 2. The number of carboxylic acid groups (broad SMARTS) is 1. The van der Waals surface area contributed by atoms with Gasteiger partial charge in [0.25, 0.3) is 0 Å². The van der Waals surface area contributed by atoms with E-state index in [2.05, 4.69) is 25.1 Å². The summed E-state index contributed by atoms with van der Waals surface area (Å²) in [6.07, 6.45) is 11.7. The summed E-state index contributed by atoms with van der Waals surface area (Å²) in [5.74, 6) is -0.647. The minimum Gasteiger partial charge on any atom is -0.481 e. The number of carbonyl (C=O) groups is 1. The second-order valence-electron chi connectivity index (χ2n) is 9.54. The quantitative estimate of drug-likeness (QED) is 0.221. The molecule has 5 unspecified atom stereocenters. The van der Waals surface area contributed by atoms with E-state index in [1.807, 2.05) is 18.2 Å².